The van der Waals surface area contributed by atoms with Crippen molar-refractivity contribution in [2.75, 3.05) is 13.7 Å². The maximum absolute atomic E-state index is 13.3. The summed E-state index contributed by atoms with van der Waals surface area (Å²) < 4.78 is 12.3. The highest BCUT2D eigenvalue weighted by Gasteiger charge is 2.56. The van der Waals surface area contributed by atoms with Gasteiger partial charge < -0.3 is 19.5 Å². The molecule has 2 N–H and O–H groups in total. The topological polar surface area (TPSA) is 109 Å². The van der Waals surface area contributed by atoms with Gasteiger partial charge in [-0.1, -0.05) is 36.4 Å². The van der Waals surface area contributed by atoms with Gasteiger partial charge in [0.05, 0.1) is 23.6 Å². The number of fused-ring (bicyclic) bond motifs is 3. The molecule has 6 rings (SSSR count). The molecule has 2 aromatic carbocycles. The van der Waals surface area contributed by atoms with Crippen LogP contribution in [0.1, 0.15) is 30.5 Å². The number of hydrogen-bond acceptors (Lipinski definition) is 7. The van der Waals surface area contributed by atoms with Crippen LogP contribution >= 0.6 is 0 Å². The van der Waals surface area contributed by atoms with Crippen molar-refractivity contribution < 1.29 is 29.1 Å². The van der Waals surface area contributed by atoms with Crippen molar-refractivity contribution in [3.63, 3.8) is 0 Å². The number of carbonyl (C=O) groups is 2. The molecule has 4 atom stereocenters. The third-order valence-electron chi connectivity index (χ3n) is 8.57. The van der Waals surface area contributed by atoms with E-state index in [9.17, 15) is 19.7 Å². The second kappa shape index (κ2) is 12.0. The zero-order valence-corrected chi connectivity index (χ0v) is 23.4. The summed E-state index contributed by atoms with van der Waals surface area (Å²) in [6.45, 7) is 0.270. The molecule has 1 aromatic heterocycles. The summed E-state index contributed by atoms with van der Waals surface area (Å²) in [4.78, 5) is 32.2. The molecule has 0 spiro atoms. The molecule has 3 aromatic rings. The van der Waals surface area contributed by atoms with Crippen molar-refractivity contribution >= 4 is 30.6 Å². The van der Waals surface area contributed by atoms with Crippen molar-refractivity contribution in [2.24, 2.45) is 17.8 Å². The van der Waals surface area contributed by atoms with Crippen molar-refractivity contribution in [1.29, 1.82) is 0 Å². The predicted octanol–water partition coefficient (Wildman–Crippen LogP) is 4.61. The van der Waals surface area contributed by atoms with Gasteiger partial charge in [-0.15, -0.1) is 0 Å². The third kappa shape index (κ3) is 5.62. The minimum Gasteiger partial charge on any atom is -0.508 e. The number of aromatic nitrogens is 1. The number of ether oxygens (including phenoxy) is 1. The zero-order chi connectivity index (χ0) is 29.2. The fourth-order valence-corrected chi connectivity index (χ4v) is 6.67. The Hall–Kier alpha value is -4.21. The van der Waals surface area contributed by atoms with Gasteiger partial charge in [-0.2, -0.15) is 0 Å². The van der Waals surface area contributed by atoms with Gasteiger partial charge in [0.15, 0.2) is 0 Å². The summed E-state index contributed by atoms with van der Waals surface area (Å²) in [6.07, 6.45) is 5.02. The van der Waals surface area contributed by atoms with Gasteiger partial charge in [0.1, 0.15) is 18.1 Å². The van der Waals surface area contributed by atoms with E-state index in [0.717, 1.165) is 33.7 Å². The number of amides is 2. The van der Waals surface area contributed by atoms with Crippen LogP contribution in [0, 0.1) is 17.8 Å². The van der Waals surface area contributed by atoms with E-state index < -0.39 is 25.1 Å². The van der Waals surface area contributed by atoms with Crippen LogP contribution in [-0.2, 0) is 14.2 Å². The lowest BCUT2D eigenvalue weighted by Crippen LogP contribution is -2.46. The van der Waals surface area contributed by atoms with Crippen LogP contribution in [0.15, 0.2) is 90.1 Å². The van der Waals surface area contributed by atoms with Gasteiger partial charge in [-0.05, 0) is 96.3 Å². The van der Waals surface area contributed by atoms with Crippen LogP contribution in [0.5, 0.6) is 11.5 Å². The lowest BCUT2D eigenvalue weighted by atomic mass is 9.58. The van der Waals surface area contributed by atoms with Crippen molar-refractivity contribution in [2.45, 2.75) is 31.7 Å². The molecule has 2 fully saturated rings. The third-order valence-corrected chi connectivity index (χ3v) is 8.57. The summed E-state index contributed by atoms with van der Waals surface area (Å²) >= 11 is 0. The maximum Gasteiger partial charge on any atom is 0.455 e. The molecule has 8 nitrogen and oxygen atoms in total. The monoisotopic (exact) mass is 564 g/mol. The average molecular weight is 564 g/mol. The van der Waals surface area contributed by atoms with E-state index in [4.69, 9.17) is 9.39 Å². The molecule has 214 valence electrons. The van der Waals surface area contributed by atoms with E-state index in [2.05, 4.69) is 4.98 Å². The molecule has 2 saturated heterocycles. The SMILES string of the molecule is CN1C(=O)[C@@H]2[C@@H](CC(COc3ccccc3)=C3[C@@H](CC/C(=C/c4cccc(O)c4)c4ccccn4)OB(O)C[C@@H]32)C1=O. The van der Waals surface area contributed by atoms with Crippen LogP contribution in [0.25, 0.3) is 11.6 Å². The maximum atomic E-state index is 13.3. The quantitative estimate of drug-likeness (QED) is 0.234. The van der Waals surface area contributed by atoms with E-state index in [0.29, 0.717) is 19.3 Å². The lowest BCUT2D eigenvalue weighted by molar-refractivity contribution is -0.138. The number of benzene rings is 2. The molecule has 2 amide bonds. The normalized spacial score (nSPS) is 24.1. The number of imide groups is 1. The van der Waals surface area contributed by atoms with Crippen molar-refractivity contribution in [3.05, 3.63) is 101 Å². The molecule has 0 bridgehead atoms. The molecule has 3 heterocycles. The number of allylic oxidation sites excluding steroid dienone is 1. The predicted molar refractivity (Wildman–Crippen MR) is 159 cm³/mol. The van der Waals surface area contributed by atoms with Crippen LogP contribution in [-0.4, -0.2) is 58.7 Å². The summed E-state index contributed by atoms with van der Waals surface area (Å²) in [5.41, 5.74) is 4.51. The first-order valence-corrected chi connectivity index (χ1v) is 14.3. The van der Waals surface area contributed by atoms with Gasteiger partial charge in [0.25, 0.3) is 0 Å². The average Bonchev–Trinajstić information content (AvgIpc) is 3.22. The fourth-order valence-electron chi connectivity index (χ4n) is 6.67. The second-order valence-electron chi connectivity index (χ2n) is 11.2. The molecule has 9 heteroatoms. The van der Waals surface area contributed by atoms with E-state index in [1.54, 1.807) is 31.4 Å². The molecular weight excluding hydrogens is 531 g/mol. The Bertz CT molecular complexity index is 1530. The number of para-hydroxylation sites is 1. The molecule has 0 saturated carbocycles. The van der Waals surface area contributed by atoms with Gasteiger partial charge in [0.2, 0.25) is 11.8 Å². The van der Waals surface area contributed by atoms with Crippen LogP contribution in [0.2, 0.25) is 6.32 Å². The van der Waals surface area contributed by atoms with Crippen molar-refractivity contribution in [1.82, 2.24) is 9.88 Å². The number of pyridine rings is 1. The number of likely N-dealkylation sites (tertiary alicyclic amines) is 1. The number of nitrogens with zero attached hydrogens (tertiary/aromatic N) is 2. The summed E-state index contributed by atoms with van der Waals surface area (Å²) in [5, 5.41) is 20.9. The molecule has 42 heavy (non-hydrogen) atoms. The fraction of sp³-hybridized carbons (Fsp3) is 0.303. The molecule has 2 aliphatic heterocycles. The molecule has 0 radical (unpaired) electrons. The Morgan fingerprint density at radius 2 is 1.88 bits per heavy atom. The first kappa shape index (κ1) is 27.9. The number of carbonyl (C=O) groups excluding carboxylic acids is 2. The molecule has 0 unspecified atom stereocenters. The molecule has 3 aliphatic rings. The Kier molecular flexibility index (Phi) is 7.95. The Labute approximate surface area is 245 Å². The van der Waals surface area contributed by atoms with E-state index in [1.807, 2.05) is 60.7 Å². The largest absolute Gasteiger partial charge is 0.508 e. The Balaban J connectivity index is 1.34. The van der Waals surface area contributed by atoms with Crippen LogP contribution < -0.4 is 4.74 Å². The summed E-state index contributed by atoms with van der Waals surface area (Å²) in [7, 11) is 0.488. The minimum absolute atomic E-state index is 0.176. The number of phenolic OH excluding ortho intramolecular Hbond substituents is 1. The van der Waals surface area contributed by atoms with Gasteiger partial charge >= 0.3 is 7.12 Å². The zero-order valence-electron chi connectivity index (χ0n) is 23.4. The number of hydrogen-bond donors (Lipinski definition) is 2. The van der Waals surface area contributed by atoms with Crippen LogP contribution in [0.4, 0.5) is 0 Å². The number of phenols is 1. The van der Waals surface area contributed by atoms with Gasteiger partial charge in [0, 0.05) is 13.2 Å². The van der Waals surface area contributed by atoms with E-state index in [-0.39, 0.29) is 36.4 Å². The van der Waals surface area contributed by atoms with E-state index in [1.165, 1.54) is 4.90 Å². The Morgan fingerprint density at radius 3 is 2.64 bits per heavy atom. The molecule has 1 aliphatic carbocycles. The highest BCUT2D eigenvalue weighted by molar-refractivity contribution is 6.43. The van der Waals surface area contributed by atoms with Crippen LogP contribution in [0.3, 0.4) is 0 Å². The van der Waals surface area contributed by atoms with Gasteiger partial charge in [-0.25, -0.2) is 0 Å². The van der Waals surface area contributed by atoms with E-state index >= 15 is 0 Å². The first-order chi connectivity index (χ1) is 20.4. The smallest absolute Gasteiger partial charge is 0.455 e. The molecular formula is C33H33BN2O6. The summed E-state index contributed by atoms with van der Waals surface area (Å²) in [6, 6.07) is 22.3. The van der Waals surface area contributed by atoms with Crippen molar-refractivity contribution in [3.8, 4) is 11.5 Å². The minimum atomic E-state index is -1.05. The lowest BCUT2D eigenvalue weighted by Gasteiger charge is -2.43. The Morgan fingerprint density at radius 1 is 1.07 bits per heavy atom. The number of rotatable bonds is 8. The first-order valence-electron chi connectivity index (χ1n) is 14.3. The summed E-state index contributed by atoms with van der Waals surface area (Å²) in [5.74, 6) is -0.775. The standard InChI is InChI=1S/C33H33BN2O6/c1-36-32(38)26-18-23(20-41-25-10-3-2-4-11-25)30-27(31(26)33(36)39)19-34(40)42-29(30)14-13-22(28-12-5-6-15-35-28)16-21-8-7-9-24(37)17-21/h2-12,15-17,26-27,29,31,37,40H,13-14,18-20H2,1H3/b22-16-/t26-,27+,29-,31-/m1/s1. The van der Waals surface area contributed by atoms with Gasteiger partial charge in [-0.3, -0.25) is 19.5 Å². The second-order valence-corrected chi connectivity index (χ2v) is 11.2. The highest BCUT2D eigenvalue weighted by atomic mass is 16.5. The number of aromatic hydroxyl groups is 1. The highest BCUT2D eigenvalue weighted by Crippen LogP contribution is 2.50.